The normalized spacial score (nSPS) is 11.7. The van der Waals surface area contributed by atoms with E-state index in [2.05, 4.69) is 0 Å². The maximum atomic E-state index is 13.2. The summed E-state index contributed by atoms with van der Waals surface area (Å²) in [7, 11) is 0. The van der Waals surface area contributed by atoms with E-state index in [-0.39, 0.29) is 11.1 Å². The van der Waals surface area contributed by atoms with Gasteiger partial charge >= 0.3 is 12.4 Å². The van der Waals surface area contributed by atoms with E-state index in [0.717, 1.165) is 18.2 Å². The lowest BCUT2D eigenvalue weighted by Crippen LogP contribution is -2.10. The van der Waals surface area contributed by atoms with Crippen molar-refractivity contribution in [3.05, 3.63) is 58.7 Å². The van der Waals surface area contributed by atoms with Crippen LogP contribution in [0.3, 0.4) is 0 Å². The molecular formula is C16H6F6N2. The Labute approximate surface area is 132 Å². The molecule has 2 rings (SSSR count). The molecule has 8 heteroatoms. The van der Waals surface area contributed by atoms with E-state index >= 15 is 0 Å². The molecule has 122 valence electrons. The number of benzene rings is 2. The number of halogens is 6. The van der Waals surface area contributed by atoms with Crippen molar-refractivity contribution in [3.63, 3.8) is 0 Å². The summed E-state index contributed by atoms with van der Waals surface area (Å²) < 4.78 is 77.7. The Morgan fingerprint density at radius 2 is 1.38 bits per heavy atom. The Kier molecular flexibility index (Phi) is 4.26. The summed E-state index contributed by atoms with van der Waals surface area (Å²) in [6.07, 6.45) is -9.58. The molecule has 0 heterocycles. The van der Waals surface area contributed by atoms with Gasteiger partial charge in [-0.3, -0.25) is 0 Å². The average molecular weight is 340 g/mol. The van der Waals surface area contributed by atoms with Crippen molar-refractivity contribution in [1.82, 2.24) is 0 Å². The molecule has 2 nitrogen and oxygen atoms in total. The van der Waals surface area contributed by atoms with E-state index in [4.69, 9.17) is 10.5 Å². The van der Waals surface area contributed by atoms with Crippen LogP contribution in [0.1, 0.15) is 22.3 Å². The van der Waals surface area contributed by atoms with Crippen LogP contribution in [-0.2, 0) is 12.4 Å². The predicted molar refractivity (Wildman–Crippen MR) is 71.3 cm³/mol. The van der Waals surface area contributed by atoms with Crippen LogP contribution >= 0.6 is 0 Å². The van der Waals surface area contributed by atoms with Gasteiger partial charge in [-0.1, -0.05) is 12.1 Å². The molecule has 2 aromatic carbocycles. The molecule has 0 aliphatic heterocycles. The SMILES string of the molecule is N#Cc1cc(C(F)(F)F)ccc1-c1c(C#N)cccc1C(F)(F)F. The zero-order valence-corrected chi connectivity index (χ0v) is 11.6. The minimum absolute atomic E-state index is 0.380. The first-order valence-electron chi connectivity index (χ1n) is 6.31. The van der Waals surface area contributed by atoms with Gasteiger partial charge in [0.2, 0.25) is 0 Å². The van der Waals surface area contributed by atoms with Gasteiger partial charge in [-0.05, 0) is 24.3 Å². The zero-order valence-electron chi connectivity index (χ0n) is 11.6. The first-order valence-corrected chi connectivity index (χ1v) is 6.31. The molecule has 0 fully saturated rings. The first kappa shape index (κ1) is 17.4. The van der Waals surface area contributed by atoms with Gasteiger partial charge in [-0.25, -0.2) is 0 Å². The van der Waals surface area contributed by atoms with Crippen molar-refractivity contribution in [2.24, 2.45) is 0 Å². The number of rotatable bonds is 1. The van der Waals surface area contributed by atoms with Crippen molar-refractivity contribution >= 4 is 0 Å². The maximum Gasteiger partial charge on any atom is 0.417 e. The molecule has 0 atom stereocenters. The quantitative estimate of drug-likeness (QED) is 0.675. The van der Waals surface area contributed by atoms with Crippen LogP contribution < -0.4 is 0 Å². The fourth-order valence-electron chi connectivity index (χ4n) is 2.20. The molecule has 0 radical (unpaired) electrons. The Morgan fingerprint density at radius 1 is 0.750 bits per heavy atom. The third-order valence-corrected chi connectivity index (χ3v) is 3.23. The van der Waals surface area contributed by atoms with Crippen molar-refractivity contribution < 1.29 is 26.3 Å². The molecule has 0 aromatic heterocycles. The van der Waals surface area contributed by atoms with Crippen LogP contribution in [0.25, 0.3) is 11.1 Å². The maximum absolute atomic E-state index is 13.2. The summed E-state index contributed by atoms with van der Waals surface area (Å²) in [5.74, 6) is 0. The standard InChI is InChI=1S/C16H6F6N2/c17-15(18,19)11-4-5-12(10(6-11)8-24)14-9(7-23)2-1-3-13(14)16(20,21)22/h1-6H. The Hall–Kier alpha value is -3.00. The highest BCUT2D eigenvalue weighted by molar-refractivity contribution is 5.79. The topological polar surface area (TPSA) is 47.6 Å². The summed E-state index contributed by atoms with van der Waals surface area (Å²) in [5.41, 5.74) is -4.34. The van der Waals surface area contributed by atoms with Gasteiger partial charge in [0.15, 0.2) is 0 Å². The van der Waals surface area contributed by atoms with Gasteiger partial charge in [-0.15, -0.1) is 0 Å². The van der Waals surface area contributed by atoms with Crippen LogP contribution in [0.4, 0.5) is 26.3 Å². The van der Waals surface area contributed by atoms with Crippen molar-refractivity contribution in [3.8, 4) is 23.3 Å². The number of alkyl halides is 6. The molecule has 0 amide bonds. The highest BCUT2D eigenvalue weighted by atomic mass is 19.4. The third kappa shape index (κ3) is 3.18. The lowest BCUT2D eigenvalue weighted by molar-refractivity contribution is -0.138. The molecule has 0 aliphatic carbocycles. The largest absolute Gasteiger partial charge is 0.417 e. The molecule has 0 saturated heterocycles. The zero-order chi connectivity index (χ0) is 18.1. The third-order valence-electron chi connectivity index (χ3n) is 3.23. The number of nitriles is 2. The van der Waals surface area contributed by atoms with Crippen LogP contribution in [-0.4, -0.2) is 0 Å². The monoisotopic (exact) mass is 340 g/mol. The van der Waals surface area contributed by atoms with E-state index in [9.17, 15) is 26.3 Å². The van der Waals surface area contributed by atoms with E-state index in [1.54, 1.807) is 6.07 Å². The summed E-state index contributed by atoms with van der Waals surface area (Å²) in [4.78, 5) is 0. The minimum atomic E-state index is -4.84. The second-order valence-electron chi connectivity index (χ2n) is 4.71. The predicted octanol–water partition coefficient (Wildman–Crippen LogP) is 5.13. The lowest BCUT2D eigenvalue weighted by Gasteiger charge is -2.16. The smallest absolute Gasteiger partial charge is 0.192 e. The van der Waals surface area contributed by atoms with Crippen LogP contribution in [0.5, 0.6) is 0 Å². The summed E-state index contributed by atoms with van der Waals surface area (Å²) in [5, 5.41) is 18.1. The molecule has 0 unspecified atom stereocenters. The Morgan fingerprint density at radius 3 is 1.88 bits per heavy atom. The average Bonchev–Trinajstić information content (AvgIpc) is 2.51. The second-order valence-corrected chi connectivity index (χ2v) is 4.71. The molecule has 0 bridgehead atoms. The van der Waals surface area contributed by atoms with E-state index < -0.39 is 34.6 Å². The van der Waals surface area contributed by atoms with Gasteiger partial charge in [0.25, 0.3) is 0 Å². The molecular weight excluding hydrogens is 334 g/mol. The summed E-state index contributed by atoms with van der Waals surface area (Å²) in [6, 6.07) is 7.66. The van der Waals surface area contributed by atoms with Crippen LogP contribution in [0, 0.1) is 22.7 Å². The van der Waals surface area contributed by atoms with E-state index in [1.165, 1.54) is 6.07 Å². The highest BCUT2D eigenvalue weighted by Gasteiger charge is 2.36. The van der Waals surface area contributed by atoms with E-state index in [1.807, 2.05) is 0 Å². The van der Waals surface area contributed by atoms with Crippen LogP contribution in [0.15, 0.2) is 36.4 Å². The summed E-state index contributed by atoms with van der Waals surface area (Å²) >= 11 is 0. The molecule has 2 aromatic rings. The van der Waals surface area contributed by atoms with Crippen molar-refractivity contribution in [1.29, 1.82) is 10.5 Å². The molecule has 24 heavy (non-hydrogen) atoms. The number of hydrogen-bond acceptors (Lipinski definition) is 2. The first-order chi connectivity index (χ1) is 11.1. The van der Waals surface area contributed by atoms with E-state index in [0.29, 0.717) is 18.2 Å². The fraction of sp³-hybridized carbons (Fsp3) is 0.125. The Bertz CT molecular complexity index is 866. The van der Waals surface area contributed by atoms with Gasteiger partial charge in [0.05, 0.1) is 34.4 Å². The molecule has 0 saturated carbocycles. The van der Waals surface area contributed by atoms with Gasteiger partial charge in [-0.2, -0.15) is 36.9 Å². The highest BCUT2D eigenvalue weighted by Crippen LogP contribution is 2.41. The fourth-order valence-corrected chi connectivity index (χ4v) is 2.20. The van der Waals surface area contributed by atoms with Crippen LogP contribution in [0.2, 0.25) is 0 Å². The number of hydrogen-bond donors (Lipinski definition) is 0. The van der Waals surface area contributed by atoms with Crippen molar-refractivity contribution in [2.45, 2.75) is 12.4 Å². The van der Waals surface area contributed by atoms with Crippen molar-refractivity contribution in [2.75, 3.05) is 0 Å². The summed E-state index contributed by atoms with van der Waals surface area (Å²) in [6.45, 7) is 0. The minimum Gasteiger partial charge on any atom is -0.192 e. The Balaban J connectivity index is 2.83. The molecule has 0 spiro atoms. The number of nitrogens with zero attached hydrogens (tertiary/aromatic N) is 2. The van der Waals surface area contributed by atoms with Gasteiger partial charge in [0.1, 0.15) is 0 Å². The van der Waals surface area contributed by atoms with Gasteiger partial charge < -0.3 is 0 Å². The second kappa shape index (κ2) is 5.89. The molecule has 0 aliphatic rings. The van der Waals surface area contributed by atoms with Gasteiger partial charge in [0, 0.05) is 11.1 Å². The lowest BCUT2D eigenvalue weighted by atomic mass is 9.90. The molecule has 0 N–H and O–H groups in total.